The average Bonchev–Trinajstić information content (AvgIpc) is 2.61. The van der Waals surface area contributed by atoms with Gasteiger partial charge in [-0.2, -0.15) is 0 Å². The van der Waals surface area contributed by atoms with Gasteiger partial charge in [0.15, 0.2) is 0 Å². The molecule has 0 saturated heterocycles. The van der Waals surface area contributed by atoms with E-state index in [0.717, 1.165) is 16.8 Å². The Balaban J connectivity index is 1.75. The summed E-state index contributed by atoms with van der Waals surface area (Å²) < 4.78 is 27.3. The van der Waals surface area contributed by atoms with E-state index in [-0.39, 0.29) is 12.3 Å². The smallest absolute Gasteiger partial charge is 0.216 e. The maximum Gasteiger partial charge on any atom is 0.216 e. The fourth-order valence-electron chi connectivity index (χ4n) is 2.44. The minimum Gasteiger partial charge on any atom is -0.265 e. The van der Waals surface area contributed by atoms with Crippen LogP contribution in [0.4, 0.5) is 0 Å². The second kappa shape index (κ2) is 7.74. The second-order valence-corrected chi connectivity index (χ2v) is 7.70. The molecule has 0 atom stereocenters. The van der Waals surface area contributed by atoms with Gasteiger partial charge in [0.1, 0.15) is 0 Å². The summed E-state index contributed by atoms with van der Waals surface area (Å²) in [7, 11) is -3.50. The maximum absolute atomic E-state index is 12.3. The van der Waals surface area contributed by atoms with Crippen molar-refractivity contribution in [3.63, 3.8) is 0 Å². The monoisotopic (exact) mass is 373 g/mol. The largest absolute Gasteiger partial charge is 0.265 e. The van der Waals surface area contributed by atoms with Crippen molar-refractivity contribution < 1.29 is 8.42 Å². The van der Waals surface area contributed by atoms with Crippen molar-refractivity contribution in [1.29, 1.82) is 0 Å². The van der Waals surface area contributed by atoms with Crippen LogP contribution >= 0.6 is 11.6 Å². The van der Waals surface area contributed by atoms with Crippen LogP contribution in [0.25, 0.3) is 11.3 Å². The van der Waals surface area contributed by atoms with Crippen LogP contribution < -0.4 is 4.72 Å². The summed E-state index contributed by atoms with van der Waals surface area (Å²) in [4.78, 5) is 8.35. The van der Waals surface area contributed by atoms with Crippen molar-refractivity contribution >= 4 is 21.6 Å². The maximum atomic E-state index is 12.3. The molecule has 0 aliphatic carbocycles. The van der Waals surface area contributed by atoms with Gasteiger partial charge >= 0.3 is 0 Å². The molecule has 5 nitrogen and oxygen atoms in total. The Kier molecular flexibility index (Phi) is 5.43. The van der Waals surface area contributed by atoms with E-state index in [1.165, 1.54) is 0 Å². The van der Waals surface area contributed by atoms with Crippen LogP contribution in [0.2, 0.25) is 5.02 Å². The molecule has 1 N–H and O–H groups in total. The van der Waals surface area contributed by atoms with Gasteiger partial charge in [0.2, 0.25) is 10.0 Å². The standard InChI is InChI=1S/C18H16ClN3O2S/c19-17-5-1-3-14(11-17)13-25(23,24)22-12-16-4-2-8-21-18(16)15-6-9-20-10-7-15/h1-11,22H,12-13H2. The third-order valence-electron chi connectivity index (χ3n) is 3.57. The molecule has 2 aromatic heterocycles. The Bertz CT molecular complexity index is 963. The minimum absolute atomic E-state index is 0.127. The number of hydrogen-bond acceptors (Lipinski definition) is 4. The zero-order chi connectivity index (χ0) is 17.7. The van der Waals surface area contributed by atoms with Gasteiger partial charge in [-0.3, -0.25) is 9.97 Å². The van der Waals surface area contributed by atoms with Gasteiger partial charge in [-0.15, -0.1) is 0 Å². The third-order valence-corrected chi connectivity index (χ3v) is 5.11. The van der Waals surface area contributed by atoms with E-state index in [1.54, 1.807) is 48.9 Å². The van der Waals surface area contributed by atoms with Gasteiger partial charge in [0.25, 0.3) is 0 Å². The van der Waals surface area contributed by atoms with Crippen LogP contribution in [-0.2, 0) is 22.3 Å². The number of nitrogens with one attached hydrogen (secondary N) is 1. The van der Waals surface area contributed by atoms with E-state index in [0.29, 0.717) is 10.6 Å². The molecule has 0 unspecified atom stereocenters. The molecular weight excluding hydrogens is 358 g/mol. The van der Waals surface area contributed by atoms with Crippen LogP contribution in [0.15, 0.2) is 67.1 Å². The molecule has 0 radical (unpaired) electrons. The Labute approximate surface area is 151 Å². The predicted octanol–water partition coefficient (Wildman–Crippen LogP) is 3.42. The summed E-state index contributed by atoms with van der Waals surface area (Å²) in [6, 6.07) is 14.1. The molecular formula is C18H16ClN3O2S. The predicted molar refractivity (Wildman–Crippen MR) is 98.4 cm³/mol. The van der Waals surface area contributed by atoms with Gasteiger partial charge in [0.05, 0.1) is 11.4 Å². The van der Waals surface area contributed by atoms with E-state index in [1.807, 2.05) is 18.2 Å². The number of rotatable bonds is 6. The molecule has 3 rings (SSSR count). The van der Waals surface area contributed by atoms with Gasteiger partial charge < -0.3 is 0 Å². The lowest BCUT2D eigenvalue weighted by atomic mass is 10.1. The number of hydrogen-bond donors (Lipinski definition) is 1. The summed E-state index contributed by atoms with van der Waals surface area (Å²) in [5.41, 5.74) is 3.05. The van der Waals surface area contributed by atoms with Crippen molar-refractivity contribution in [2.45, 2.75) is 12.3 Å². The van der Waals surface area contributed by atoms with E-state index < -0.39 is 10.0 Å². The molecule has 25 heavy (non-hydrogen) atoms. The van der Waals surface area contributed by atoms with Gasteiger partial charge in [-0.05, 0) is 41.5 Å². The first-order valence-electron chi connectivity index (χ1n) is 7.59. The number of halogens is 1. The second-order valence-electron chi connectivity index (χ2n) is 5.46. The van der Waals surface area contributed by atoms with Crippen LogP contribution in [0.3, 0.4) is 0 Å². The normalized spacial score (nSPS) is 11.4. The lowest BCUT2D eigenvalue weighted by Gasteiger charge is -2.10. The lowest BCUT2D eigenvalue weighted by molar-refractivity contribution is 0.580. The average molecular weight is 374 g/mol. The molecule has 7 heteroatoms. The van der Waals surface area contributed by atoms with E-state index in [2.05, 4.69) is 14.7 Å². The fraction of sp³-hybridized carbons (Fsp3) is 0.111. The molecule has 128 valence electrons. The highest BCUT2D eigenvalue weighted by molar-refractivity contribution is 7.88. The quantitative estimate of drug-likeness (QED) is 0.718. The van der Waals surface area contributed by atoms with E-state index in [4.69, 9.17) is 11.6 Å². The highest BCUT2D eigenvalue weighted by atomic mass is 35.5. The Morgan fingerprint density at radius 1 is 1.00 bits per heavy atom. The van der Waals surface area contributed by atoms with Crippen LogP contribution in [0, 0.1) is 0 Å². The van der Waals surface area contributed by atoms with Crippen LogP contribution in [0.5, 0.6) is 0 Å². The van der Waals surface area contributed by atoms with E-state index >= 15 is 0 Å². The molecule has 1 aromatic carbocycles. The molecule has 0 spiro atoms. The first kappa shape index (κ1) is 17.5. The SMILES string of the molecule is O=S(=O)(Cc1cccc(Cl)c1)NCc1cccnc1-c1ccncc1. The van der Waals surface area contributed by atoms with Crippen molar-refractivity contribution in [3.05, 3.63) is 83.3 Å². The zero-order valence-electron chi connectivity index (χ0n) is 13.3. The van der Waals surface area contributed by atoms with Crippen LogP contribution in [0.1, 0.15) is 11.1 Å². The van der Waals surface area contributed by atoms with Gasteiger partial charge in [-0.1, -0.05) is 29.8 Å². The molecule has 0 saturated carbocycles. The highest BCUT2D eigenvalue weighted by Gasteiger charge is 2.14. The number of pyridine rings is 2. The molecule has 0 aliphatic rings. The van der Waals surface area contributed by atoms with Crippen LogP contribution in [-0.4, -0.2) is 18.4 Å². The molecule has 2 heterocycles. The number of sulfonamides is 1. The molecule has 0 amide bonds. The van der Waals surface area contributed by atoms with E-state index in [9.17, 15) is 8.42 Å². The highest BCUT2D eigenvalue weighted by Crippen LogP contribution is 2.20. The topological polar surface area (TPSA) is 72.0 Å². The summed E-state index contributed by atoms with van der Waals surface area (Å²) in [5, 5.41) is 0.514. The zero-order valence-corrected chi connectivity index (χ0v) is 14.8. The summed E-state index contributed by atoms with van der Waals surface area (Å²) >= 11 is 5.91. The summed E-state index contributed by atoms with van der Waals surface area (Å²) in [5.74, 6) is -0.127. The molecule has 0 fully saturated rings. The minimum atomic E-state index is -3.50. The summed E-state index contributed by atoms with van der Waals surface area (Å²) in [6.45, 7) is 0.161. The number of benzene rings is 1. The lowest BCUT2D eigenvalue weighted by Crippen LogP contribution is -2.25. The first-order valence-corrected chi connectivity index (χ1v) is 9.62. The fourth-order valence-corrected chi connectivity index (χ4v) is 3.74. The third kappa shape index (κ3) is 4.85. The van der Waals surface area contributed by atoms with Crippen molar-refractivity contribution in [2.24, 2.45) is 0 Å². The Hall–Kier alpha value is -2.28. The summed E-state index contributed by atoms with van der Waals surface area (Å²) in [6.07, 6.45) is 5.04. The molecule has 3 aromatic rings. The molecule has 0 aliphatic heterocycles. The molecule has 0 bridgehead atoms. The number of nitrogens with zero attached hydrogens (tertiary/aromatic N) is 2. The van der Waals surface area contributed by atoms with Crippen molar-refractivity contribution in [3.8, 4) is 11.3 Å². The number of aromatic nitrogens is 2. The van der Waals surface area contributed by atoms with Crippen molar-refractivity contribution in [2.75, 3.05) is 0 Å². The Morgan fingerprint density at radius 3 is 2.56 bits per heavy atom. The van der Waals surface area contributed by atoms with Crippen molar-refractivity contribution in [1.82, 2.24) is 14.7 Å². The Morgan fingerprint density at radius 2 is 1.80 bits per heavy atom. The first-order chi connectivity index (χ1) is 12.0. The van der Waals surface area contributed by atoms with Gasteiger partial charge in [-0.25, -0.2) is 13.1 Å². The van der Waals surface area contributed by atoms with Gasteiger partial charge in [0, 0.05) is 35.7 Å².